The highest BCUT2D eigenvalue weighted by molar-refractivity contribution is 7.25. The highest BCUT2D eigenvalue weighted by Crippen LogP contribution is 2.43. The molecule has 0 amide bonds. The number of nitrogens with zero attached hydrogens (tertiary/aromatic N) is 5. The first-order valence-electron chi connectivity index (χ1n) is 21.2. The lowest BCUT2D eigenvalue weighted by Crippen LogP contribution is -2.07. The van der Waals surface area contributed by atoms with Crippen molar-refractivity contribution in [3.8, 4) is 56.7 Å². The van der Waals surface area contributed by atoms with Gasteiger partial charge < -0.3 is 4.57 Å². The summed E-state index contributed by atoms with van der Waals surface area (Å²) >= 11 is 1.81. The summed E-state index contributed by atoms with van der Waals surface area (Å²) in [5, 5.41) is 7.03. The fourth-order valence-corrected chi connectivity index (χ4v) is 10.6. The molecule has 294 valence electrons. The fourth-order valence-electron chi connectivity index (χ4n) is 9.49. The Morgan fingerprint density at radius 3 is 1.51 bits per heavy atom. The van der Waals surface area contributed by atoms with E-state index < -0.39 is 0 Å². The SMILES string of the molecule is c1ccc(-c2cccc(-c3nc(-c4ccc5sc6ccccc6c5c4)nc(-n4c5ccccc5c5ccc6c7ccccc7n(-c7cccc(-c8ccccc8)c7)c6c54)n3)c2)cc1. The molecule has 5 nitrogen and oxygen atoms in total. The smallest absolute Gasteiger partial charge is 0.238 e. The zero-order valence-corrected chi connectivity index (χ0v) is 34.7. The average molecular weight is 822 g/mol. The summed E-state index contributed by atoms with van der Waals surface area (Å²) in [6.07, 6.45) is 0. The molecule has 0 radical (unpaired) electrons. The van der Waals surface area contributed by atoms with E-state index in [4.69, 9.17) is 15.0 Å². The minimum absolute atomic E-state index is 0.559. The maximum Gasteiger partial charge on any atom is 0.238 e. The van der Waals surface area contributed by atoms with Crippen molar-refractivity contribution in [2.24, 2.45) is 0 Å². The van der Waals surface area contributed by atoms with Crippen LogP contribution in [0.25, 0.3) is 120 Å². The van der Waals surface area contributed by atoms with Crippen LogP contribution in [0, 0.1) is 0 Å². The fraction of sp³-hybridized carbons (Fsp3) is 0. The standard InChI is InChI=1S/C57H35N5S/c1-3-15-36(16-4-1)38-19-13-21-40(33-38)55-58-56(41-29-32-52-48(35-41)45-25-9-12-28-51(45)63-52)60-57(59-55)62-50-27-11-8-24-44(50)47-31-30-46-43-23-7-10-26-49(43)61(53(46)54(47)62)42-22-14-20-39(34-42)37-17-5-2-6-18-37/h1-35H. The van der Waals surface area contributed by atoms with Crippen LogP contribution in [0.15, 0.2) is 212 Å². The van der Waals surface area contributed by atoms with Crippen molar-refractivity contribution in [1.82, 2.24) is 24.1 Å². The second kappa shape index (κ2) is 14.2. The zero-order valence-electron chi connectivity index (χ0n) is 33.9. The van der Waals surface area contributed by atoms with Crippen molar-refractivity contribution in [3.63, 3.8) is 0 Å². The highest BCUT2D eigenvalue weighted by Gasteiger charge is 2.24. The van der Waals surface area contributed by atoms with Gasteiger partial charge in [0, 0.05) is 58.5 Å². The van der Waals surface area contributed by atoms with Gasteiger partial charge in [-0.05, 0) is 76.9 Å². The number of rotatable bonds is 6. The van der Waals surface area contributed by atoms with Crippen molar-refractivity contribution >= 4 is 75.1 Å². The molecule has 0 aliphatic carbocycles. The number of benzene rings is 9. The van der Waals surface area contributed by atoms with Crippen LogP contribution in [-0.2, 0) is 0 Å². The Bertz CT molecular complexity index is 3920. The molecule has 0 aliphatic rings. The lowest BCUT2D eigenvalue weighted by molar-refractivity contribution is 0.953. The van der Waals surface area contributed by atoms with Crippen LogP contribution >= 0.6 is 11.3 Å². The lowest BCUT2D eigenvalue weighted by Gasteiger charge is -2.14. The van der Waals surface area contributed by atoms with E-state index in [9.17, 15) is 0 Å². The first kappa shape index (κ1) is 35.6. The van der Waals surface area contributed by atoms with Crippen molar-refractivity contribution in [2.75, 3.05) is 0 Å². The van der Waals surface area contributed by atoms with E-state index in [0.29, 0.717) is 17.6 Å². The molecule has 4 aromatic heterocycles. The molecular formula is C57H35N5S. The van der Waals surface area contributed by atoms with Crippen molar-refractivity contribution in [3.05, 3.63) is 212 Å². The largest absolute Gasteiger partial charge is 0.307 e. The van der Waals surface area contributed by atoms with Crippen molar-refractivity contribution in [1.29, 1.82) is 0 Å². The Labute approximate surface area is 366 Å². The molecule has 0 bridgehead atoms. The normalized spacial score (nSPS) is 11.8. The molecule has 13 rings (SSSR count). The second-order valence-electron chi connectivity index (χ2n) is 16.0. The number of thiophene rings is 1. The summed E-state index contributed by atoms with van der Waals surface area (Å²) in [6, 6.07) is 75.6. The van der Waals surface area contributed by atoms with Crippen LogP contribution in [-0.4, -0.2) is 24.1 Å². The number of hydrogen-bond donors (Lipinski definition) is 0. The van der Waals surface area contributed by atoms with Gasteiger partial charge in [-0.3, -0.25) is 4.57 Å². The summed E-state index contributed by atoms with van der Waals surface area (Å²) < 4.78 is 7.20. The van der Waals surface area contributed by atoms with Crippen LogP contribution in [0.4, 0.5) is 0 Å². The van der Waals surface area contributed by atoms with E-state index >= 15 is 0 Å². The number of para-hydroxylation sites is 2. The molecule has 9 aromatic carbocycles. The minimum Gasteiger partial charge on any atom is -0.307 e. The predicted octanol–water partition coefficient (Wildman–Crippen LogP) is 15.1. The van der Waals surface area contributed by atoms with Gasteiger partial charge in [0.25, 0.3) is 0 Å². The Morgan fingerprint density at radius 1 is 0.302 bits per heavy atom. The Morgan fingerprint density at radius 2 is 0.810 bits per heavy atom. The second-order valence-corrected chi connectivity index (χ2v) is 17.1. The molecule has 0 saturated carbocycles. The Hall–Kier alpha value is -8.19. The maximum atomic E-state index is 5.48. The Kier molecular flexibility index (Phi) is 8.01. The third kappa shape index (κ3) is 5.73. The van der Waals surface area contributed by atoms with Gasteiger partial charge in [-0.25, -0.2) is 4.98 Å². The van der Waals surface area contributed by atoms with Gasteiger partial charge in [-0.2, -0.15) is 9.97 Å². The topological polar surface area (TPSA) is 48.5 Å². The summed E-state index contributed by atoms with van der Waals surface area (Å²) in [5.41, 5.74) is 11.8. The summed E-state index contributed by atoms with van der Waals surface area (Å²) in [6.45, 7) is 0. The molecule has 0 aliphatic heterocycles. The van der Waals surface area contributed by atoms with E-state index in [1.54, 1.807) is 0 Å². The van der Waals surface area contributed by atoms with E-state index in [-0.39, 0.29) is 0 Å². The third-order valence-electron chi connectivity index (χ3n) is 12.4. The van der Waals surface area contributed by atoms with Crippen LogP contribution in [0.5, 0.6) is 0 Å². The number of hydrogen-bond acceptors (Lipinski definition) is 4. The maximum absolute atomic E-state index is 5.48. The first-order chi connectivity index (χ1) is 31.2. The van der Waals surface area contributed by atoms with Gasteiger partial charge in [0.1, 0.15) is 0 Å². The van der Waals surface area contributed by atoms with E-state index in [1.165, 1.54) is 31.1 Å². The molecule has 6 heteroatoms. The molecule has 0 saturated heterocycles. The number of fused-ring (bicyclic) bond motifs is 10. The van der Waals surface area contributed by atoms with Gasteiger partial charge in [-0.1, -0.05) is 158 Å². The monoisotopic (exact) mass is 821 g/mol. The van der Waals surface area contributed by atoms with E-state index in [0.717, 1.165) is 71.7 Å². The molecule has 0 unspecified atom stereocenters. The number of aromatic nitrogens is 5. The van der Waals surface area contributed by atoms with Crippen molar-refractivity contribution in [2.45, 2.75) is 0 Å². The summed E-state index contributed by atoms with van der Waals surface area (Å²) in [4.78, 5) is 16.2. The van der Waals surface area contributed by atoms with E-state index in [1.807, 2.05) is 17.4 Å². The molecule has 13 aromatic rings. The minimum atomic E-state index is 0.559. The summed E-state index contributed by atoms with van der Waals surface area (Å²) in [5.74, 6) is 1.78. The molecular weight excluding hydrogens is 787 g/mol. The molecule has 0 atom stereocenters. The van der Waals surface area contributed by atoms with Gasteiger partial charge in [-0.15, -0.1) is 11.3 Å². The molecule has 63 heavy (non-hydrogen) atoms. The third-order valence-corrected chi connectivity index (χ3v) is 13.5. The van der Waals surface area contributed by atoms with Gasteiger partial charge in [0.15, 0.2) is 11.6 Å². The molecule has 0 N–H and O–H groups in total. The highest BCUT2D eigenvalue weighted by atomic mass is 32.1. The molecule has 4 heterocycles. The van der Waals surface area contributed by atoms with E-state index in [2.05, 4.69) is 215 Å². The van der Waals surface area contributed by atoms with Gasteiger partial charge in [0.2, 0.25) is 5.95 Å². The lowest BCUT2D eigenvalue weighted by atomic mass is 10.0. The quantitative estimate of drug-likeness (QED) is 0.168. The van der Waals surface area contributed by atoms with Gasteiger partial charge in [0.05, 0.1) is 22.1 Å². The first-order valence-corrected chi connectivity index (χ1v) is 22.0. The van der Waals surface area contributed by atoms with Crippen LogP contribution < -0.4 is 0 Å². The zero-order chi connectivity index (χ0) is 41.4. The average Bonchev–Trinajstić information content (AvgIpc) is 4.02. The van der Waals surface area contributed by atoms with Crippen LogP contribution in [0.3, 0.4) is 0 Å². The molecule has 0 fully saturated rings. The van der Waals surface area contributed by atoms with Crippen LogP contribution in [0.1, 0.15) is 0 Å². The summed E-state index contributed by atoms with van der Waals surface area (Å²) in [7, 11) is 0. The van der Waals surface area contributed by atoms with Gasteiger partial charge >= 0.3 is 0 Å². The predicted molar refractivity (Wildman–Crippen MR) is 263 cm³/mol. The van der Waals surface area contributed by atoms with Crippen LogP contribution in [0.2, 0.25) is 0 Å². The van der Waals surface area contributed by atoms with Crippen molar-refractivity contribution < 1.29 is 0 Å². The molecule has 0 spiro atoms. The Balaban J connectivity index is 1.13.